The molecule has 0 bridgehead atoms. The number of piperidine rings is 1. The Morgan fingerprint density at radius 2 is 1.66 bits per heavy atom. The Bertz CT molecular complexity index is 2240. The van der Waals surface area contributed by atoms with Crippen molar-refractivity contribution in [1.82, 2.24) is 30.3 Å². The maximum absolute atomic E-state index is 13.9. The van der Waals surface area contributed by atoms with E-state index >= 15 is 0 Å². The number of imide groups is 2. The summed E-state index contributed by atoms with van der Waals surface area (Å²) in [6.45, 7) is 8.32. The van der Waals surface area contributed by atoms with Crippen molar-refractivity contribution in [3.05, 3.63) is 81.4 Å². The van der Waals surface area contributed by atoms with Gasteiger partial charge in [-0.25, -0.2) is 4.39 Å². The standard InChI is InChI=1S/C43H49FN8O7/c1-25-33(24-30-29-23-27(44)12-13-31(29)48-39(30)55)47-26(2)37(25)41(57)46-17-8-18-50-19-21-51(22-20-50)36(54)11-5-3-4-6-16-45-32-10-7-9-28-38(32)43(59)52(42(28)58)34-14-15-35(53)49-40(34)56/h7,9-10,12-13,23-24,34,45,47H,3-6,8,11,14-22H2,1-2H3,(H,46,57)(H,48,55)(H,49,53,56)/b30-24-. The van der Waals surface area contributed by atoms with E-state index in [1.807, 2.05) is 11.8 Å². The van der Waals surface area contributed by atoms with E-state index in [1.54, 1.807) is 31.2 Å². The number of amides is 7. The highest BCUT2D eigenvalue weighted by Crippen LogP contribution is 2.35. The van der Waals surface area contributed by atoms with Crippen LogP contribution < -0.4 is 21.3 Å². The summed E-state index contributed by atoms with van der Waals surface area (Å²) in [5.41, 5.74) is 4.89. The molecule has 0 aliphatic carbocycles. The van der Waals surface area contributed by atoms with Crippen LogP contribution in [0.2, 0.25) is 0 Å². The van der Waals surface area contributed by atoms with Gasteiger partial charge in [0.05, 0.1) is 22.3 Å². The second-order valence-corrected chi connectivity index (χ2v) is 15.5. The lowest BCUT2D eigenvalue weighted by molar-refractivity contribution is -0.136. The summed E-state index contributed by atoms with van der Waals surface area (Å²) < 4.78 is 13.9. The van der Waals surface area contributed by atoms with E-state index in [4.69, 9.17) is 0 Å². The lowest BCUT2D eigenvalue weighted by Crippen LogP contribution is -2.54. The van der Waals surface area contributed by atoms with Crippen LogP contribution >= 0.6 is 0 Å². The molecule has 5 heterocycles. The Labute approximate surface area is 341 Å². The first-order valence-corrected chi connectivity index (χ1v) is 20.3. The van der Waals surface area contributed by atoms with E-state index in [2.05, 4.69) is 31.2 Å². The predicted molar refractivity (Wildman–Crippen MR) is 218 cm³/mol. The molecule has 0 saturated carbocycles. The van der Waals surface area contributed by atoms with Gasteiger partial charge in [-0.2, -0.15) is 0 Å². The lowest BCUT2D eigenvalue weighted by atomic mass is 10.0. The van der Waals surface area contributed by atoms with E-state index < -0.39 is 35.5 Å². The van der Waals surface area contributed by atoms with Crippen LogP contribution in [0.3, 0.4) is 0 Å². The van der Waals surface area contributed by atoms with Crippen LogP contribution in [0.15, 0.2) is 36.4 Å². The topological polar surface area (TPSA) is 193 Å². The van der Waals surface area contributed by atoms with Gasteiger partial charge in [-0.05, 0) is 88.0 Å². The summed E-state index contributed by atoms with van der Waals surface area (Å²) in [4.78, 5) is 97.4. The molecule has 7 amide bonds. The van der Waals surface area contributed by atoms with E-state index in [-0.39, 0.29) is 41.7 Å². The van der Waals surface area contributed by atoms with Crippen molar-refractivity contribution in [3.8, 4) is 0 Å². The molecule has 0 spiro atoms. The van der Waals surface area contributed by atoms with Crippen LogP contribution in [0.25, 0.3) is 11.6 Å². The van der Waals surface area contributed by atoms with Crippen molar-refractivity contribution >= 4 is 64.4 Å². The van der Waals surface area contributed by atoms with Crippen LogP contribution in [0.4, 0.5) is 15.8 Å². The summed E-state index contributed by atoms with van der Waals surface area (Å²) in [5.74, 6) is -2.96. The number of hydrogen-bond acceptors (Lipinski definition) is 9. The molecule has 2 saturated heterocycles. The average molecular weight is 809 g/mol. The monoisotopic (exact) mass is 808 g/mol. The number of aromatic nitrogens is 1. The average Bonchev–Trinajstić information content (AvgIpc) is 3.78. The van der Waals surface area contributed by atoms with Gasteiger partial charge in [0.1, 0.15) is 11.9 Å². The van der Waals surface area contributed by atoms with Crippen molar-refractivity contribution in [2.24, 2.45) is 0 Å². The molecule has 5 N–H and O–H groups in total. The van der Waals surface area contributed by atoms with E-state index in [1.165, 1.54) is 18.2 Å². The van der Waals surface area contributed by atoms with Gasteiger partial charge >= 0.3 is 0 Å². The first kappa shape index (κ1) is 41.0. The number of unbranched alkanes of at least 4 members (excludes halogenated alkanes) is 3. The zero-order chi connectivity index (χ0) is 41.8. The van der Waals surface area contributed by atoms with Gasteiger partial charge in [0.25, 0.3) is 23.6 Å². The highest BCUT2D eigenvalue weighted by molar-refractivity contribution is 6.35. The number of anilines is 2. The van der Waals surface area contributed by atoms with Crippen molar-refractivity contribution in [3.63, 3.8) is 0 Å². The molecule has 2 fully saturated rings. The molecule has 310 valence electrons. The summed E-state index contributed by atoms with van der Waals surface area (Å²) >= 11 is 0. The second-order valence-electron chi connectivity index (χ2n) is 15.5. The van der Waals surface area contributed by atoms with Crippen LogP contribution in [0.5, 0.6) is 0 Å². The number of benzene rings is 2. The number of nitrogens with zero attached hydrogens (tertiary/aromatic N) is 3. The maximum Gasteiger partial charge on any atom is 0.264 e. The van der Waals surface area contributed by atoms with Gasteiger partial charge in [0.2, 0.25) is 17.7 Å². The van der Waals surface area contributed by atoms with Crippen LogP contribution in [-0.2, 0) is 19.2 Å². The van der Waals surface area contributed by atoms with Gasteiger partial charge in [0.15, 0.2) is 0 Å². The number of nitrogens with one attached hydrogen (secondary N) is 5. The van der Waals surface area contributed by atoms with Gasteiger partial charge in [0, 0.05) is 80.4 Å². The quantitative estimate of drug-likeness (QED) is 0.0858. The van der Waals surface area contributed by atoms with Crippen molar-refractivity contribution in [2.75, 3.05) is 56.4 Å². The normalized spacial score (nSPS) is 18.6. The molecule has 7 rings (SSSR count). The summed E-state index contributed by atoms with van der Waals surface area (Å²) in [7, 11) is 0. The van der Waals surface area contributed by atoms with Crippen LogP contribution in [0, 0.1) is 19.7 Å². The zero-order valence-corrected chi connectivity index (χ0v) is 33.3. The van der Waals surface area contributed by atoms with Crippen LogP contribution in [0.1, 0.15) is 105 Å². The van der Waals surface area contributed by atoms with Gasteiger partial charge < -0.3 is 25.8 Å². The van der Waals surface area contributed by atoms with E-state index in [0.29, 0.717) is 77.6 Å². The largest absolute Gasteiger partial charge is 0.384 e. The van der Waals surface area contributed by atoms with E-state index in [0.717, 1.165) is 56.6 Å². The highest BCUT2D eigenvalue weighted by atomic mass is 19.1. The number of carbonyl (C=O) groups excluding carboxylic acids is 7. The predicted octanol–water partition coefficient (Wildman–Crippen LogP) is 3.99. The minimum absolute atomic E-state index is 0.0639. The third-order valence-electron chi connectivity index (χ3n) is 11.5. The fraction of sp³-hybridized carbons (Fsp3) is 0.419. The number of H-pyrrole nitrogens is 1. The third-order valence-corrected chi connectivity index (χ3v) is 11.5. The number of rotatable bonds is 15. The van der Waals surface area contributed by atoms with Gasteiger partial charge in [-0.3, -0.25) is 48.7 Å². The Hall–Kier alpha value is -6.16. The summed E-state index contributed by atoms with van der Waals surface area (Å²) in [6.07, 6.45) is 6.39. The van der Waals surface area contributed by atoms with Crippen molar-refractivity contribution < 1.29 is 38.0 Å². The number of fused-ring (bicyclic) bond motifs is 2. The molecule has 0 radical (unpaired) electrons. The number of aromatic amines is 1. The molecule has 2 aromatic carbocycles. The number of hydrogen-bond donors (Lipinski definition) is 5. The zero-order valence-electron chi connectivity index (χ0n) is 33.3. The molecule has 1 atom stereocenters. The molecule has 4 aliphatic rings. The molecule has 1 aromatic heterocycles. The van der Waals surface area contributed by atoms with Gasteiger partial charge in [-0.15, -0.1) is 0 Å². The fourth-order valence-corrected chi connectivity index (χ4v) is 8.32. The van der Waals surface area contributed by atoms with Crippen molar-refractivity contribution in [1.29, 1.82) is 0 Å². The molecule has 16 heteroatoms. The Balaban J connectivity index is 0.768. The first-order valence-electron chi connectivity index (χ1n) is 20.3. The molecule has 4 aliphatic heterocycles. The molecule has 59 heavy (non-hydrogen) atoms. The SMILES string of the molecule is Cc1[nH]c(/C=C2\C(=O)Nc3ccc(F)cc32)c(C)c1C(=O)NCCCN1CCN(C(=O)CCCCCCNc2cccc3c2C(=O)N(C2CCC(=O)NC2=O)C3=O)CC1. The molecule has 1 unspecified atom stereocenters. The Morgan fingerprint density at radius 1 is 0.881 bits per heavy atom. The number of aryl methyl sites for hydroxylation is 1. The van der Waals surface area contributed by atoms with Crippen LogP contribution in [-0.4, -0.2) is 113 Å². The highest BCUT2D eigenvalue weighted by Gasteiger charge is 2.45. The Kier molecular flexibility index (Phi) is 12.4. The second kappa shape index (κ2) is 17.8. The molecular weight excluding hydrogens is 760 g/mol. The molecular formula is C43H49FN8O7. The first-order chi connectivity index (χ1) is 28.4. The number of carbonyl (C=O) groups is 7. The van der Waals surface area contributed by atoms with E-state index in [9.17, 15) is 38.0 Å². The lowest BCUT2D eigenvalue weighted by Gasteiger charge is -2.34. The minimum Gasteiger partial charge on any atom is -0.384 e. The fourth-order valence-electron chi connectivity index (χ4n) is 8.32. The molecule has 3 aromatic rings. The minimum atomic E-state index is -1.01. The summed E-state index contributed by atoms with van der Waals surface area (Å²) in [5, 5.41) is 11.2. The third kappa shape index (κ3) is 8.82. The van der Waals surface area contributed by atoms with Gasteiger partial charge in [-0.1, -0.05) is 18.9 Å². The Morgan fingerprint density at radius 3 is 2.44 bits per heavy atom. The molecule has 15 nitrogen and oxygen atoms in total. The maximum atomic E-state index is 13.9. The van der Waals surface area contributed by atoms with Crippen molar-refractivity contribution in [2.45, 2.75) is 71.3 Å². The smallest absolute Gasteiger partial charge is 0.264 e. The summed E-state index contributed by atoms with van der Waals surface area (Å²) in [6, 6.07) is 8.14. The number of piperazine rings is 1. The number of halogens is 1.